The molecule has 0 bridgehead atoms. The van der Waals surface area contributed by atoms with Crippen molar-refractivity contribution >= 4 is 66.8 Å². The van der Waals surface area contributed by atoms with E-state index in [0.717, 1.165) is 26.9 Å². The topological polar surface area (TPSA) is 25.2 Å². The Morgan fingerprint density at radius 2 is 1.49 bits per heavy atom. The van der Waals surface area contributed by atoms with Crippen LogP contribution in [0.2, 0.25) is 0 Å². The largest absolute Gasteiger partial charge is 0.256 e. The van der Waals surface area contributed by atoms with Gasteiger partial charge < -0.3 is 0 Å². The van der Waals surface area contributed by atoms with Crippen LogP contribution in [0.4, 0.5) is 5.69 Å². The molecular weight excluding hydrogens is 489 g/mol. The van der Waals surface area contributed by atoms with Crippen LogP contribution in [0.3, 0.4) is 0 Å². The highest BCUT2D eigenvalue weighted by Crippen LogP contribution is 2.34. The summed E-state index contributed by atoms with van der Waals surface area (Å²) >= 11 is 3.54. The number of thiazole rings is 1. The summed E-state index contributed by atoms with van der Waals surface area (Å²) in [5, 5.41) is 4.90. The normalized spacial score (nSPS) is 12.3. The molecule has 0 spiro atoms. The lowest BCUT2D eigenvalue weighted by Gasteiger charge is -2.19. The van der Waals surface area contributed by atoms with Crippen LogP contribution in [-0.4, -0.2) is 11.2 Å². The molecule has 2 nitrogen and oxygen atoms in total. The Morgan fingerprint density at radius 1 is 0.811 bits per heavy atom. The van der Waals surface area contributed by atoms with Crippen LogP contribution in [0.25, 0.3) is 31.8 Å². The fourth-order valence-electron chi connectivity index (χ4n) is 4.61. The number of benzene rings is 5. The Hall–Kier alpha value is -3.47. The van der Waals surface area contributed by atoms with Gasteiger partial charge in [-0.2, -0.15) is 0 Å². The van der Waals surface area contributed by atoms with Crippen LogP contribution < -0.4 is 0 Å². The van der Waals surface area contributed by atoms with E-state index in [-0.39, 0.29) is 5.41 Å². The average Bonchev–Trinajstić information content (AvgIpc) is 3.32. The zero-order chi connectivity index (χ0) is 25.4. The highest BCUT2D eigenvalue weighted by atomic mass is 32.2. The first-order valence-electron chi connectivity index (χ1n) is 12.5. The van der Waals surface area contributed by atoms with Crippen LogP contribution in [0.15, 0.2) is 106 Å². The third-order valence-electron chi connectivity index (χ3n) is 6.69. The minimum atomic E-state index is 0.180. The Morgan fingerprint density at radius 3 is 2.16 bits per heavy atom. The van der Waals surface area contributed by atoms with Gasteiger partial charge in [0.15, 0.2) is 4.34 Å². The molecule has 0 unspecified atom stereocenters. The van der Waals surface area contributed by atoms with E-state index in [2.05, 4.69) is 118 Å². The SMILES string of the molecule is CC(C)(C)c1ccc(CSc2nc3ccc(N=Cc4c5ccccc5cc5ccccc45)cc3s2)cc1. The Kier molecular flexibility index (Phi) is 6.31. The fraction of sp³-hybridized carbons (Fsp3) is 0.152. The van der Waals surface area contributed by atoms with Gasteiger partial charge in [-0.25, -0.2) is 4.98 Å². The van der Waals surface area contributed by atoms with E-state index in [4.69, 9.17) is 9.98 Å². The molecule has 0 amide bonds. The monoisotopic (exact) mass is 516 g/mol. The molecule has 0 aliphatic heterocycles. The predicted molar refractivity (Wildman–Crippen MR) is 163 cm³/mol. The van der Waals surface area contributed by atoms with Gasteiger partial charge in [0.1, 0.15) is 0 Å². The van der Waals surface area contributed by atoms with Crippen molar-refractivity contribution in [1.29, 1.82) is 0 Å². The third-order valence-corrected chi connectivity index (χ3v) is 8.92. The molecule has 0 atom stereocenters. The van der Waals surface area contributed by atoms with Crippen LogP contribution in [0.1, 0.15) is 37.5 Å². The first kappa shape index (κ1) is 23.9. The lowest BCUT2D eigenvalue weighted by Crippen LogP contribution is -2.10. The summed E-state index contributed by atoms with van der Waals surface area (Å²) < 4.78 is 2.26. The van der Waals surface area contributed by atoms with E-state index in [0.29, 0.717) is 0 Å². The van der Waals surface area contributed by atoms with Crippen LogP contribution in [-0.2, 0) is 11.2 Å². The van der Waals surface area contributed by atoms with Gasteiger partial charge in [0, 0.05) is 17.5 Å². The summed E-state index contributed by atoms with van der Waals surface area (Å²) in [6.45, 7) is 6.75. The Balaban J connectivity index is 1.25. The minimum Gasteiger partial charge on any atom is -0.256 e. The highest BCUT2D eigenvalue weighted by molar-refractivity contribution is 8.00. The van der Waals surface area contributed by atoms with E-state index >= 15 is 0 Å². The van der Waals surface area contributed by atoms with Crippen molar-refractivity contribution in [2.75, 3.05) is 0 Å². The molecule has 182 valence electrons. The molecule has 37 heavy (non-hydrogen) atoms. The summed E-state index contributed by atoms with van der Waals surface area (Å²) in [5.74, 6) is 0.920. The number of aromatic nitrogens is 1. The van der Waals surface area contributed by atoms with Crippen LogP contribution in [0, 0.1) is 0 Å². The fourth-order valence-corrected chi connectivity index (χ4v) is 6.66. The summed E-state index contributed by atoms with van der Waals surface area (Å²) in [6, 6.07) is 34.6. The Labute approximate surface area is 226 Å². The molecule has 6 aromatic rings. The van der Waals surface area contributed by atoms with E-state index in [1.807, 2.05) is 6.21 Å². The summed E-state index contributed by atoms with van der Waals surface area (Å²) in [5.41, 5.74) is 6.01. The third kappa shape index (κ3) is 5.04. The van der Waals surface area contributed by atoms with Crippen molar-refractivity contribution < 1.29 is 0 Å². The molecule has 0 saturated carbocycles. The molecular formula is C33H28N2S2. The number of hydrogen-bond donors (Lipinski definition) is 0. The first-order valence-corrected chi connectivity index (χ1v) is 14.3. The smallest absolute Gasteiger partial charge is 0.151 e. The number of hydrogen-bond acceptors (Lipinski definition) is 4. The molecule has 6 rings (SSSR count). The quantitative estimate of drug-likeness (QED) is 0.129. The van der Waals surface area contributed by atoms with Gasteiger partial charge in [-0.05, 0) is 62.4 Å². The lowest BCUT2D eigenvalue weighted by atomic mass is 9.87. The van der Waals surface area contributed by atoms with Gasteiger partial charge in [-0.15, -0.1) is 11.3 Å². The summed E-state index contributed by atoms with van der Waals surface area (Å²) in [7, 11) is 0. The van der Waals surface area contributed by atoms with Gasteiger partial charge in [0.05, 0.1) is 15.9 Å². The van der Waals surface area contributed by atoms with Gasteiger partial charge >= 0.3 is 0 Å². The molecule has 0 aliphatic carbocycles. The van der Waals surface area contributed by atoms with E-state index in [1.165, 1.54) is 37.4 Å². The van der Waals surface area contributed by atoms with Gasteiger partial charge in [0.2, 0.25) is 0 Å². The average molecular weight is 517 g/mol. The molecule has 0 saturated heterocycles. The number of fused-ring (bicyclic) bond motifs is 3. The molecule has 0 radical (unpaired) electrons. The number of thioether (sulfide) groups is 1. The summed E-state index contributed by atoms with van der Waals surface area (Å²) in [4.78, 5) is 9.76. The van der Waals surface area contributed by atoms with Crippen molar-refractivity contribution in [1.82, 2.24) is 4.98 Å². The van der Waals surface area contributed by atoms with Gasteiger partial charge in [-0.1, -0.05) is 105 Å². The molecule has 0 aliphatic rings. The number of aliphatic imine (C=N–C) groups is 1. The van der Waals surface area contributed by atoms with Crippen LogP contribution >= 0.6 is 23.1 Å². The minimum absolute atomic E-state index is 0.180. The molecule has 4 heteroatoms. The standard InChI is InChI=1S/C33H28N2S2/c1-33(2,3)25-14-12-22(13-15-25)21-36-32-35-30-17-16-26(19-31(30)37-32)34-20-29-27-10-6-4-8-23(27)18-24-9-5-7-11-28(24)29/h4-20H,21H2,1-3H3. The van der Waals surface area contributed by atoms with E-state index in [1.54, 1.807) is 23.1 Å². The maximum absolute atomic E-state index is 4.90. The number of rotatable bonds is 5. The van der Waals surface area contributed by atoms with Crippen molar-refractivity contribution in [3.05, 3.63) is 114 Å². The number of nitrogens with zero attached hydrogens (tertiary/aromatic N) is 2. The van der Waals surface area contributed by atoms with Gasteiger partial charge in [-0.3, -0.25) is 4.99 Å². The maximum atomic E-state index is 4.90. The predicted octanol–water partition coefficient (Wildman–Crippen LogP) is 9.94. The second kappa shape index (κ2) is 9.77. The lowest BCUT2D eigenvalue weighted by molar-refractivity contribution is 0.590. The maximum Gasteiger partial charge on any atom is 0.151 e. The molecule has 0 N–H and O–H groups in total. The zero-order valence-electron chi connectivity index (χ0n) is 21.2. The van der Waals surface area contributed by atoms with Crippen molar-refractivity contribution in [2.45, 2.75) is 36.3 Å². The first-order chi connectivity index (χ1) is 17.9. The Bertz CT molecular complexity index is 1700. The van der Waals surface area contributed by atoms with Crippen LogP contribution in [0.5, 0.6) is 0 Å². The second-order valence-corrected chi connectivity index (χ2v) is 12.6. The van der Waals surface area contributed by atoms with Gasteiger partial charge in [0.25, 0.3) is 0 Å². The van der Waals surface area contributed by atoms with Crippen molar-refractivity contribution in [3.63, 3.8) is 0 Å². The molecule has 0 fully saturated rings. The summed E-state index contributed by atoms with van der Waals surface area (Å²) in [6.07, 6.45) is 2.02. The van der Waals surface area contributed by atoms with Crippen molar-refractivity contribution in [3.8, 4) is 0 Å². The molecule has 1 heterocycles. The highest BCUT2D eigenvalue weighted by Gasteiger charge is 2.13. The zero-order valence-corrected chi connectivity index (χ0v) is 22.9. The van der Waals surface area contributed by atoms with E-state index < -0.39 is 0 Å². The molecule has 1 aromatic heterocycles. The van der Waals surface area contributed by atoms with Crippen molar-refractivity contribution in [2.24, 2.45) is 4.99 Å². The molecule has 5 aromatic carbocycles. The van der Waals surface area contributed by atoms with E-state index in [9.17, 15) is 0 Å². The second-order valence-electron chi connectivity index (χ2n) is 10.4.